The van der Waals surface area contributed by atoms with Gasteiger partial charge >= 0.3 is 6.18 Å². The molecule has 2 atom stereocenters. The number of para-hydroxylation sites is 1. The number of halogens is 3. The number of benzene rings is 1. The summed E-state index contributed by atoms with van der Waals surface area (Å²) >= 11 is 2.85. The first-order valence-electron chi connectivity index (χ1n) is 8.77. The summed E-state index contributed by atoms with van der Waals surface area (Å²) in [4.78, 5) is 14.5. The second-order valence-electron chi connectivity index (χ2n) is 6.51. The predicted octanol–water partition coefficient (Wildman–Crippen LogP) is 5.58. The number of amides is 1. The van der Waals surface area contributed by atoms with Gasteiger partial charge in [-0.1, -0.05) is 18.2 Å². The van der Waals surface area contributed by atoms with E-state index in [0.717, 1.165) is 14.5 Å². The van der Waals surface area contributed by atoms with Crippen LogP contribution in [0.3, 0.4) is 0 Å². The number of rotatable bonds is 4. The monoisotopic (exact) mass is 438 g/mol. The van der Waals surface area contributed by atoms with Gasteiger partial charge in [-0.25, -0.2) is 4.68 Å². The SMILES string of the molecule is CSc1ccccc1NC(=O)c1cnn2c1N[C@@H](c1cccs1)C[C@@H]2C(F)(F)F. The lowest BCUT2D eigenvalue weighted by Gasteiger charge is -2.33. The molecule has 1 amide bonds. The van der Waals surface area contributed by atoms with E-state index in [4.69, 9.17) is 0 Å². The molecule has 10 heteroatoms. The number of nitrogens with one attached hydrogen (secondary N) is 2. The van der Waals surface area contributed by atoms with Crippen LogP contribution in [0.4, 0.5) is 24.7 Å². The minimum atomic E-state index is -4.47. The molecule has 0 bridgehead atoms. The molecule has 3 aromatic rings. The number of fused-ring (bicyclic) bond motifs is 1. The highest BCUT2D eigenvalue weighted by Crippen LogP contribution is 2.45. The van der Waals surface area contributed by atoms with Crippen molar-refractivity contribution < 1.29 is 18.0 Å². The van der Waals surface area contributed by atoms with Crippen molar-refractivity contribution in [2.45, 2.75) is 29.6 Å². The molecule has 1 aliphatic rings. The number of carbonyl (C=O) groups is 1. The Labute approximate surface area is 173 Å². The van der Waals surface area contributed by atoms with Crippen molar-refractivity contribution in [1.29, 1.82) is 0 Å². The number of carbonyl (C=O) groups excluding carboxylic acids is 1. The van der Waals surface area contributed by atoms with Crippen LogP contribution in [0.1, 0.15) is 33.7 Å². The lowest BCUT2D eigenvalue weighted by atomic mass is 10.0. The zero-order chi connectivity index (χ0) is 20.6. The Bertz CT molecular complexity index is 1020. The third-order valence-electron chi connectivity index (χ3n) is 4.72. The molecule has 0 aliphatic carbocycles. The summed E-state index contributed by atoms with van der Waals surface area (Å²) < 4.78 is 42.0. The normalized spacial score (nSPS) is 18.8. The molecule has 0 unspecified atom stereocenters. The van der Waals surface area contributed by atoms with E-state index in [9.17, 15) is 18.0 Å². The van der Waals surface area contributed by atoms with Gasteiger partial charge in [0.15, 0.2) is 6.04 Å². The van der Waals surface area contributed by atoms with Crippen molar-refractivity contribution in [3.63, 3.8) is 0 Å². The van der Waals surface area contributed by atoms with E-state index in [0.29, 0.717) is 5.69 Å². The van der Waals surface area contributed by atoms with E-state index in [-0.39, 0.29) is 17.8 Å². The van der Waals surface area contributed by atoms with E-state index < -0.39 is 24.2 Å². The molecule has 2 aromatic heterocycles. The van der Waals surface area contributed by atoms with E-state index in [1.54, 1.807) is 24.3 Å². The van der Waals surface area contributed by atoms with Crippen LogP contribution in [0.2, 0.25) is 0 Å². The van der Waals surface area contributed by atoms with Crippen LogP contribution in [0.5, 0.6) is 0 Å². The number of nitrogens with zero attached hydrogens (tertiary/aromatic N) is 2. The Balaban J connectivity index is 1.69. The minimum Gasteiger partial charge on any atom is -0.362 e. The molecule has 4 rings (SSSR count). The fraction of sp³-hybridized carbons (Fsp3) is 0.263. The zero-order valence-corrected chi connectivity index (χ0v) is 16.9. The summed E-state index contributed by atoms with van der Waals surface area (Å²) in [6.45, 7) is 0. The third-order valence-corrected chi connectivity index (χ3v) is 6.51. The van der Waals surface area contributed by atoms with Gasteiger partial charge in [-0.05, 0) is 29.8 Å². The zero-order valence-electron chi connectivity index (χ0n) is 15.2. The quantitative estimate of drug-likeness (QED) is 0.522. The Hall–Kier alpha value is -2.46. The van der Waals surface area contributed by atoms with Crippen molar-refractivity contribution in [2.24, 2.45) is 0 Å². The summed E-state index contributed by atoms with van der Waals surface area (Å²) in [7, 11) is 0. The fourth-order valence-electron chi connectivity index (χ4n) is 3.34. The van der Waals surface area contributed by atoms with Gasteiger partial charge < -0.3 is 10.6 Å². The number of aromatic nitrogens is 2. The molecule has 1 aliphatic heterocycles. The van der Waals surface area contributed by atoms with Crippen molar-refractivity contribution in [3.05, 3.63) is 58.4 Å². The van der Waals surface area contributed by atoms with Gasteiger partial charge in [-0.3, -0.25) is 4.79 Å². The average molecular weight is 439 g/mol. The first kappa shape index (κ1) is 19.8. The fourth-order valence-corrected chi connectivity index (χ4v) is 4.69. The van der Waals surface area contributed by atoms with Gasteiger partial charge in [0.1, 0.15) is 11.4 Å². The summed E-state index contributed by atoms with van der Waals surface area (Å²) in [5.74, 6) is -0.427. The Morgan fingerprint density at radius 2 is 2.10 bits per heavy atom. The van der Waals surface area contributed by atoms with Crippen molar-refractivity contribution in [1.82, 2.24) is 9.78 Å². The number of alkyl halides is 3. The molecule has 2 N–H and O–H groups in total. The molecule has 0 radical (unpaired) electrons. The van der Waals surface area contributed by atoms with Crippen LogP contribution in [-0.2, 0) is 0 Å². The number of hydrogen-bond donors (Lipinski definition) is 2. The molecule has 0 saturated heterocycles. The van der Waals surface area contributed by atoms with Crippen molar-refractivity contribution in [3.8, 4) is 0 Å². The van der Waals surface area contributed by atoms with Gasteiger partial charge in [0, 0.05) is 16.2 Å². The van der Waals surface area contributed by atoms with Crippen LogP contribution >= 0.6 is 23.1 Å². The molecular weight excluding hydrogens is 421 g/mol. The van der Waals surface area contributed by atoms with Crippen LogP contribution in [0.25, 0.3) is 0 Å². The average Bonchev–Trinajstić information content (AvgIpc) is 3.36. The van der Waals surface area contributed by atoms with Gasteiger partial charge in [0.2, 0.25) is 0 Å². The Kier molecular flexibility index (Phi) is 5.30. The highest BCUT2D eigenvalue weighted by Gasteiger charge is 2.47. The maximum Gasteiger partial charge on any atom is 0.410 e. The number of anilines is 2. The highest BCUT2D eigenvalue weighted by molar-refractivity contribution is 7.98. The third kappa shape index (κ3) is 3.86. The van der Waals surface area contributed by atoms with Crippen molar-refractivity contribution in [2.75, 3.05) is 16.9 Å². The van der Waals surface area contributed by atoms with Crippen molar-refractivity contribution >= 4 is 40.5 Å². The standard InChI is InChI=1S/C19H17F3N4OS2/c1-28-14-6-3-2-5-12(14)25-18(27)11-10-23-26-16(19(20,21)22)9-13(24-17(11)26)15-7-4-8-29-15/h2-8,10,13,16,24H,9H2,1H3,(H,25,27)/t13-,16-/m1/s1. The van der Waals surface area contributed by atoms with E-state index in [1.165, 1.54) is 29.3 Å². The smallest absolute Gasteiger partial charge is 0.362 e. The maximum atomic E-state index is 13.7. The molecule has 3 heterocycles. The maximum absolute atomic E-state index is 13.7. The summed E-state index contributed by atoms with van der Waals surface area (Å²) in [5.41, 5.74) is 0.680. The molecular formula is C19H17F3N4OS2. The van der Waals surface area contributed by atoms with Crippen LogP contribution < -0.4 is 10.6 Å². The summed E-state index contributed by atoms with van der Waals surface area (Å²) in [5, 5.41) is 11.6. The predicted molar refractivity (Wildman–Crippen MR) is 109 cm³/mol. The van der Waals surface area contributed by atoms with Crippen LogP contribution in [0.15, 0.2) is 52.9 Å². The van der Waals surface area contributed by atoms with Crippen LogP contribution in [-0.4, -0.2) is 28.1 Å². The summed E-state index contributed by atoms with van der Waals surface area (Å²) in [6, 6.07) is 8.48. The lowest BCUT2D eigenvalue weighted by molar-refractivity contribution is -0.173. The summed E-state index contributed by atoms with van der Waals surface area (Å²) in [6.07, 6.45) is -1.59. The molecule has 152 valence electrons. The Morgan fingerprint density at radius 3 is 2.79 bits per heavy atom. The van der Waals surface area contributed by atoms with E-state index >= 15 is 0 Å². The minimum absolute atomic E-state index is 0.0797. The van der Waals surface area contributed by atoms with Crippen LogP contribution in [0, 0.1) is 0 Å². The second-order valence-corrected chi connectivity index (χ2v) is 8.34. The molecule has 5 nitrogen and oxygen atoms in total. The first-order valence-corrected chi connectivity index (χ1v) is 10.9. The van der Waals surface area contributed by atoms with E-state index in [1.807, 2.05) is 23.8 Å². The second kappa shape index (κ2) is 7.75. The van der Waals surface area contributed by atoms with Gasteiger partial charge in [0.25, 0.3) is 5.91 Å². The Morgan fingerprint density at radius 1 is 1.31 bits per heavy atom. The van der Waals surface area contributed by atoms with E-state index in [2.05, 4.69) is 15.7 Å². The van der Waals surface area contributed by atoms with Gasteiger partial charge in [-0.2, -0.15) is 18.3 Å². The molecule has 1 aromatic carbocycles. The number of thioether (sulfide) groups is 1. The molecule has 0 saturated carbocycles. The molecule has 0 fully saturated rings. The number of hydrogen-bond acceptors (Lipinski definition) is 5. The van der Waals surface area contributed by atoms with Gasteiger partial charge in [0.05, 0.1) is 17.9 Å². The van der Waals surface area contributed by atoms with Gasteiger partial charge in [-0.15, -0.1) is 23.1 Å². The number of thiophene rings is 1. The molecule has 29 heavy (non-hydrogen) atoms. The molecule has 0 spiro atoms. The largest absolute Gasteiger partial charge is 0.410 e. The lowest BCUT2D eigenvalue weighted by Crippen LogP contribution is -2.36. The highest BCUT2D eigenvalue weighted by atomic mass is 32.2. The topological polar surface area (TPSA) is 59.0 Å². The first-order chi connectivity index (χ1) is 13.9.